The quantitative estimate of drug-likeness (QED) is 0.401. The van der Waals surface area contributed by atoms with Crippen LogP contribution in [0.5, 0.6) is 5.75 Å². The predicted molar refractivity (Wildman–Crippen MR) is 117 cm³/mol. The van der Waals surface area contributed by atoms with Gasteiger partial charge in [0.1, 0.15) is 11.3 Å². The molecule has 6 heteroatoms. The number of rotatable bonds is 5. The number of ether oxygens (including phenoxy) is 1. The summed E-state index contributed by atoms with van der Waals surface area (Å²) >= 11 is 3.38. The van der Waals surface area contributed by atoms with Gasteiger partial charge < -0.3 is 14.5 Å². The first kappa shape index (κ1) is 19.2. The molecule has 0 aliphatic heterocycles. The molecular weight excluding hydrogens is 432 g/mol. The minimum Gasteiger partial charge on any atom is -0.478 e. The second kappa shape index (κ2) is 7.72. The summed E-state index contributed by atoms with van der Waals surface area (Å²) < 4.78 is 12.6. The monoisotopic (exact) mass is 450 g/mol. The predicted octanol–water partition coefficient (Wildman–Crippen LogP) is 6.05. The van der Waals surface area contributed by atoms with E-state index in [4.69, 9.17) is 9.15 Å². The molecule has 0 saturated heterocycles. The Kier molecular flexibility index (Phi) is 5.11. The molecule has 0 radical (unpaired) electrons. The first-order valence-electron chi connectivity index (χ1n) is 9.13. The molecular formula is C23H19BrN2O3. The Bertz CT molecular complexity index is 1120. The fraction of sp³-hybridized carbons (Fsp3) is 0.130. The average Bonchev–Trinajstić information content (AvgIpc) is 3.14. The third kappa shape index (κ3) is 4.32. The maximum atomic E-state index is 12.7. The number of oxazole rings is 1. The summed E-state index contributed by atoms with van der Waals surface area (Å²) in [6, 6.07) is 22.4. The summed E-state index contributed by atoms with van der Waals surface area (Å²) in [4.78, 5) is 17.2. The van der Waals surface area contributed by atoms with Crippen molar-refractivity contribution >= 4 is 38.6 Å². The van der Waals surface area contributed by atoms with Crippen molar-refractivity contribution in [3.05, 3.63) is 77.3 Å². The van der Waals surface area contributed by atoms with Crippen LogP contribution in [0.2, 0.25) is 0 Å². The van der Waals surface area contributed by atoms with Crippen LogP contribution in [0.15, 0.2) is 81.7 Å². The number of nitrogens with one attached hydrogen (secondary N) is 1. The van der Waals surface area contributed by atoms with Crippen LogP contribution < -0.4 is 10.1 Å². The van der Waals surface area contributed by atoms with Gasteiger partial charge in [0, 0.05) is 15.7 Å². The van der Waals surface area contributed by atoms with Crippen LogP contribution >= 0.6 is 15.9 Å². The summed E-state index contributed by atoms with van der Waals surface area (Å²) in [6.45, 7) is 3.47. The van der Waals surface area contributed by atoms with Crippen molar-refractivity contribution in [3.63, 3.8) is 0 Å². The number of amides is 1. The molecule has 0 aliphatic carbocycles. The van der Waals surface area contributed by atoms with Crippen LogP contribution in [-0.2, 0) is 4.79 Å². The number of carbonyl (C=O) groups is 1. The Balaban J connectivity index is 1.46. The third-order valence-electron chi connectivity index (χ3n) is 4.42. The molecule has 1 aromatic heterocycles. The Hall–Kier alpha value is -3.12. The normalized spacial score (nSPS) is 11.4. The summed E-state index contributed by atoms with van der Waals surface area (Å²) in [5.41, 5.74) is 2.03. The van der Waals surface area contributed by atoms with Gasteiger partial charge in [0.05, 0.1) is 0 Å². The van der Waals surface area contributed by atoms with E-state index in [0.717, 1.165) is 21.1 Å². The molecule has 146 valence electrons. The minimum atomic E-state index is -1.03. The molecule has 4 aromatic rings. The van der Waals surface area contributed by atoms with Gasteiger partial charge in [0.15, 0.2) is 11.2 Å². The van der Waals surface area contributed by atoms with Crippen molar-refractivity contribution in [2.24, 2.45) is 0 Å². The second-order valence-corrected chi connectivity index (χ2v) is 8.00. The Morgan fingerprint density at radius 2 is 1.69 bits per heavy atom. The number of carbonyl (C=O) groups excluding carboxylic acids is 1. The number of aromatic nitrogens is 1. The first-order valence-corrected chi connectivity index (χ1v) is 9.92. The molecule has 5 nitrogen and oxygen atoms in total. The van der Waals surface area contributed by atoms with Crippen molar-refractivity contribution in [2.45, 2.75) is 19.4 Å². The molecule has 0 bridgehead atoms. The van der Waals surface area contributed by atoms with E-state index in [9.17, 15) is 4.79 Å². The lowest BCUT2D eigenvalue weighted by Crippen LogP contribution is -2.42. The largest absolute Gasteiger partial charge is 0.478 e. The van der Waals surface area contributed by atoms with E-state index in [1.54, 1.807) is 13.8 Å². The van der Waals surface area contributed by atoms with Crippen LogP contribution in [0, 0.1) is 0 Å². The van der Waals surface area contributed by atoms with E-state index in [0.29, 0.717) is 17.3 Å². The van der Waals surface area contributed by atoms with E-state index >= 15 is 0 Å². The number of para-hydroxylation sites is 2. The summed E-state index contributed by atoms with van der Waals surface area (Å²) in [5.74, 6) is 0.928. The lowest BCUT2D eigenvalue weighted by atomic mass is 10.1. The van der Waals surface area contributed by atoms with Crippen molar-refractivity contribution < 1.29 is 13.9 Å². The number of fused-ring (bicyclic) bond motifs is 1. The topological polar surface area (TPSA) is 64.4 Å². The van der Waals surface area contributed by atoms with Gasteiger partial charge in [-0.05, 0) is 74.5 Å². The maximum absolute atomic E-state index is 12.7. The minimum absolute atomic E-state index is 0.241. The number of nitrogens with zero attached hydrogens (tertiary/aromatic N) is 1. The molecule has 0 spiro atoms. The second-order valence-electron chi connectivity index (χ2n) is 7.08. The first-order chi connectivity index (χ1) is 13.9. The van der Waals surface area contributed by atoms with Crippen molar-refractivity contribution in [3.8, 4) is 17.2 Å². The highest BCUT2D eigenvalue weighted by Gasteiger charge is 2.30. The molecule has 0 aliphatic rings. The van der Waals surface area contributed by atoms with Crippen molar-refractivity contribution in [1.29, 1.82) is 0 Å². The van der Waals surface area contributed by atoms with Gasteiger partial charge >= 0.3 is 0 Å². The van der Waals surface area contributed by atoms with Gasteiger partial charge in [0.25, 0.3) is 5.91 Å². The highest BCUT2D eigenvalue weighted by atomic mass is 79.9. The SMILES string of the molecule is CC(C)(Oc1ccc(Br)cc1)C(=O)Nc1ccc(-c2nc3ccccc3o2)cc1. The molecule has 1 N–H and O–H groups in total. The molecule has 0 atom stereocenters. The molecule has 4 rings (SSSR count). The summed E-state index contributed by atoms with van der Waals surface area (Å²) in [6.07, 6.45) is 0. The maximum Gasteiger partial charge on any atom is 0.267 e. The van der Waals surface area contributed by atoms with Crippen molar-refractivity contribution in [1.82, 2.24) is 4.98 Å². The van der Waals surface area contributed by atoms with Gasteiger partial charge in [-0.3, -0.25) is 4.79 Å². The fourth-order valence-electron chi connectivity index (χ4n) is 2.82. The Morgan fingerprint density at radius 3 is 2.38 bits per heavy atom. The fourth-order valence-corrected chi connectivity index (χ4v) is 3.08. The van der Waals surface area contributed by atoms with Crippen molar-refractivity contribution in [2.75, 3.05) is 5.32 Å². The van der Waals surface area contributed by atoms with Gasteiger partial charge in [-0.15, -0.1) is 0 Å². The van der Waals surface area contributed by atoms with Crippen LogP contribution in [0.1, 0.15) is 13.8 Å². The van der Waals surface area contributed by atoms with Crippen LogP contribution in [0.3, 0.4) is 0 Å². The molecule has 1 amide bonds. The summed E-state index contributed by atoms with van der Waals surface area (Å²) in [5, 5.41) is 2.89. The highest BCUT2D eigenvalue weighted by Crippen LogP contribution is 2.26. The van der Waals surface area contributed by atoms with Crippen LogP contribution in [0.4, 0.5) is 5.69 Å². The van der Waals surface area contributed by atoms with E-state index < -0.39 is 5.60 Å². The number of halogens is 1. The lowest BCUT2D eigenvalue weighted by molar-refractivity contribution is -0.128. The highest BCUT2D eigenvalue weighted by molar-refractivity contribution is 9.10. The van der Waals surface area contributed by atoms with E-state index in [1.165, 1.54) is 0 Å². The van der Waals surface area contributed by atoms with E-state index in [2.05, 4.69) is 26.2 Å². The van der Waals surface area contributed by atoms with Gasteiger partial charge in [0.2, 0.25) is 5.89 Å². The van der Waals surface area contributed by atoms with E-state index in [-0.39, 0.29) is 5.91 Å². The zero-order valence-corrected chi connectivity index (χ0v) is 17.6. The number of hydrogen-bond acceptors (Lipinski definition) is 4. The number of anilines is 1. The van der Waals surface area contributed by atoms with Gasteiger partial charge in [-0.2, -0.15) is 0 Å². The lowest BCUT2D eigenvalue weighted by Gasteiger charge is -2.25. The smallest absolute Gasteiger partial charge is 0.267 e. The average molecular weight is 451 g/mol. The van der Waals surface area contributed by atoms with Crippen LogP contribution in [0.25, 0.3) is 22.6 Å². The molecule has 29 heavy (non-hydrogen) atoms. The van der Waals surface area contributed by atoms with Crippen LogP contribution in [-0.4, -0.2) is 16.5 Å². The number of hydrogen-bond donors (Lipinski definition) is 1. The standard InChI is InChI=1S/C23H19BrN2O3/c1-23(2,29-18-13-9-16(24)10-14-18)22(27)25-17-11-7-15(8-12-17)21-26-19-5-3-4-6-20(19)28-21/h3-14H,1-2H3,(H,25,27). The Morgan fingerprint density at radius 1 is 1.00 bits per heavy atom. The summed E-state index contributed by atoms with van der Waals surface area (Å²) in [7, 11) is 0. The molecule has 0 unspecified atom stereocenters. The Labute approximate surface area is 176 Å². The zero-order chi connectivity index (χ0) is 20.4. The molecule has 0 saturated carbocycles. The third-order valence-corrected chi connectivity index (χ3v) is 4.95. The molecule has 0 fully saturated rings. The zero-order valence-electron chi connectivity index (χ0n) is 16.0. The van der Waals surface area contributed by atoms with Gasteiger partial charge in [-0.1, -0.05) is 28.1 Å². The van der Waals surface area contributed by atoms with E-state index in [1.807, 2.05) is 72.8 Å². The molecule has 1 heterocycles. The number of benzene rings is 3. The van der Waals surface area contributed by atoms with Gasteiger partial charge in [-0.25, -0.2) is 4.98 Å². The molecule has 3 aromatic carbocycles.